The van der Waals surface area contributed by atoms with E-state index >= 15 is 0 Å². The predicted octanol–water partition coefficient (Wildman–Crippen LogP) is 12.4. The van der Waals surface area contributed by atoms with Crippen LogP contribution in [0.25, 0.3) is 16.9 Å². The fraction of sp³-hybridized carbons (Fsp3) is 0.526. The number of hydrogen-bond donors (Lipinski definition) is 0. The molecule has 2 aromatic carbocycles. The predicted molar refractivity (Wildman–Crippen MR) is 178 cm³/mol. The van der Waals surface area contributed by atoms with Crippen LogP contribution in [0.5, 0.6) is 0 Å². The minimum atomic E-state index is 0. The molecule has 3 rings (SSSR count). The number of aryl methyl sites for hydroxylation is 2. The third-order valence-corrected chi connectivity index (χ3v) is 7.58. The maximum absolute atomic E-state index is 11.8. The molecular weight excluding hydrogens is 543 g/mol. The molecule has 230 valence electrons. The van der Waals surface area contributed by atoms with Crippen LogP contribution in [0.15, 0.2) is 59.7 Å². The molecule has 3 heteroatoms. The van der Waals surface area contributed by atoms with Gasteiger partial charge in [0.15, 0.2) is 0 Å². The molecule has 1 aliphatic heterocycles. The van der Waals surface area contributed by atoms with Crippen LogP contribution in [0.4, 0.5) is 0 Å². The molecule has 0 fully saturated rings. The van der Waals surface area contributed by atoms with Gasteiger partial charge in [0.25, 0.3) is 0 Å². The van der Waals surface area contributed by atoms with E-state index in [0.717, 1.165) is 61.0 Å². The second kappa shape index (κ2) is 23.6. The third kappa shape index (κ3) is 12.0. The summed E-state index contributed by atoms with van der Waals surface area (Å²) in [5.41, 5.74) is 21.5. The summed E-state index contributed by atoms with van der Waals surface area (Å²) in [6.45, 7) is 19.0. The average molecular weight is 602 g/mol. The summed E-state index contributed by atoms with van der Waals surface area (Å²) in [6.07, 6.45) is 16.6. The van der Waals surface area contributed by atoms with Gasteiger partial charge < -0.3 is 19.4 Å². The molecule has 0 aromatic heterocycles. The van der Waals surface area contributed by atoms with Gasteiger partial charge in [0.1, 0.15) is 0 Å². The molecule has 0 aliphatic carbocycles. The molecule has 2 aromatic rings. The fourth-order valence-corrected chi connectivity index (χ4v) is 5.37. The van der Waals surface area contributed by atoms with Crippen LogP contribution in [0, 0.1) is 13.8 Å². The summed E-state index contributed by atoms with van der Waals surface area (Å²) < 4.78 is 1.54. The first kappa shape index (κ1) is 39.0. The number of unbranched alkanes of at least 4 members (excludes halogenated alkanes) is 7. The topological polar surface area (TPSA) is 25.3 Å². The summed E-state index contributed by atoms with van der Waals surface area (Å²) in [5.74, 6) is 0. The first-order valence-corrected chi connectivity index (χ1v) is 16.2. The summed E-state index contributed by atoms with van der Waals surface area (Å²) >= 11 is 0. The molecule has 0 radical (unpaired) electrons. The molecule has 1 aliphatic rings. The summed E-state index contributed by atoms with van der Waals surface area (Å²) in [7, 11) is 0. The molecule has 2 nitrogen and oxygen atoms in total. The normalized spacial score (nSPS) is 12.4. The molecule has 0 unspecified atom stereocenters. The molecule has 0 amide bonds. The number of nitrogens with zero attached hydrogens (tertiary/aromatic N) is 2. The Morgan fingerprint density at radius 2 is 1.07 bits per heavy atom. The molecule has 0 bridgehead atoms. The van der Waals surface area contributed by atoms with Gasteiger partial charge in [-0.05, 0) is 80.3 Å². The van der Waals surface area contributed by atoms with Gasteiger partial charge in [0.05, 0.1) is 0 Å². The Morgan fingerprint density at radius 3 is 1.66 bits per heavy atom. The Morgan fingerprint density at radius 1 is 0.561 bits per heavy atom. The van der Waals surface area contributed by atoms with Gasteiger partial charge >= 0.3 is 16.5 Å². The van der Waals surface area contributed by atoms with Crippen molar-refractivity contribution in [2.24, 2.45) is 0 Å². The Bertz CT molecular complexity index is 1050. The van der Waals surface area contributed by atoms with Gasteiger partial charge in [-0.25, -0.2) is 4.70 Å². The van der Waals surface area contributed by atoms with Crippen molar-refractivity contribution < 1.29 is 21.2 Å². The van der Waals surface area contributed by atoms with Crippen molar-refractivity contribution in [2.75, 3.05) is 0 Å². The molecule has 0 saturated carbocycles. The summed E-state index contributed by atoms with van der Waals surface area (Å²) in [5, 5.41) is 0. The molecule has 0 N–H and O–H groups in total. The van der Waals surface area contributed by atoms with Gasteiger partial charge in [0.2, 0.25) is 11.4 Å². The molecular formula is C38H58N2Ni. The molecule has 0 atom stereocenters. The standard InChI is InChI=1S/C34H48N2.2C2H5.Ni/c1-5-9-12-13-14-15-21-32-31(20-11-7-3)33(29-24-22-27(8-4)23-25-29)36(35)34(32)30-19-16-18-28(26-30)17-10-6-2;2*1-2;/h16,18-19,22-26H,5-15,17,20-21H2,1-4H3;2*1H2,2H3;/q;2*-1;+2. The Labute approximate surface area is 264 Å². The van der Waals surface area contributed by atoms with E-state index in [9.17, 15) is 5.53 Å². The van der Waals surface area contributed by atoms with Gasteiger partial charge in [-0.3, -0.25) is 0 Å². The number of benzene rings is 2. The molecule has 1 heterocycles. The maximum atomic E-state index is 11.8. The first-order valence-electron chi connectivity index (χ1n) is 16.2. The van der Waals surface area contributed by atoms with Crippen LogP contribution >= 0.6 is 0 Å². The van der Waals surface area contributed by atoms with E-state index in [4.69, 9.17) is 0 Å². The monoisotopic (exact) mass is 600 g/mol. The van der Waals surface area contributed by atoms with Gasteiger partial charge in [-0.2, -0.15) is 13.8 Å². The zero-order valence-corrected chi connectivity index (χ0v) is 28.1. The Balaban J connectivity index is 0.00000306. The minimum Gasteiger partial charge on any atom is -0.493 e. The maximum Gasteiger partial charge on any atom is 2.00 e. The van der Waals surface area contributed by atoms with E-state index in [-0.39, 0.29) is 16.5 Å². The van der Waals surface area contributed by atoms with Crippen molar-refractivity contribution in [3.05, 3.63) is 101 Å². The van der Waals surface area contributed by atoms with E-state index < -0.39 is 0 Å². The Hall–Kier alpha value is -1.99. The van der Waals surface area contributed by atoms with Crippen molar-refractivity contribution in [3.63, 3.8) is 0 Å². The number of hydrogen-bond acceptors (Lipinski definition) is 0. The molecule has 0 saturated heterocycles. The van der Waals surface area contributed by atoms with Crippen molar-refractivity contribution in [1.29, 1.82) is 0 Å². The summed E-state index contributed by atoms with van der Waals surface area (Å²) in [6, 6.07) is 17.7. The van der Waals surface area contributed by atoms with Gasteiger partial charge in [-0.15, -0.1) is 0 Å². The van der Waals surface area contributed by atoms with Crippen LogP contribution in [-0.4, -0.2) is 4.70 Å². The van der Waals surface area contributed by atoms with Crippen molar-refractivity contribution >= 4 is 11.4 Å². The van der Waals surface area contributed by atoms with Crippen LogP contribution in [0.2, 0.25) is 0 Å². The van der Waals surface area contributed by atoms with Crippen molar-refractivity contribution in [1.82, 2.24) is 0 Å². The van der Waals surface area contributed by atoms with Crippen LogP contribution in [0.1, 0.15) is 141 Å². The van der Waals surface area contributed by atoms with E-state index in [1.54, 1.807) is 13.8 Å². The minimum absolute atomic E-state index is 0. The van der Waals surface area contributed by atoms with Gasteiger partial charge in [0, 0.05) is 22.3 Å². The Kier molecular flexibility index (Phi) is 22.4. The molecule has 41 heavy (non-hydrogen) atoms. The van der Waals surface area contributed by atoms with E-state index in [2.05, 4.69) is 90.1 Å². The third-order valence-electron chi connectivity index (χ3n) is 7.58. The zero-order valence-electron chi connectivity index (χ0n) is 27.1. The number of rotatable bonds is 16. The van der Waals surface area contributed by atoms with E-state index in [1.165, 1.54) is 78.3 Å². The van der Waals surface area contributed by atoms with E-state index in [0.29, 0.717) is 0 Å². The first-order chi connectivity index (χ1) is 19.6. The second-order valence-corrected chi connectivity index (χ2v) is 10.4. The molecule has 0 spiro atoms. The zero-order chi connectivity index (χ0) is 29.8. The average Bonchev–Trinajstić information content (AvgIpc) is 3.29. The fourth-order valence-electron chi connectivity index (χ4n) is 5.37. The summed E-state index contributed by atoms with van der Waals surface area (Å²) in [4.78, 5) is 0. The SMILES string of the molecule is CCCCCCCCC1=C(c2cccc(CCCC)c2)[N+](=[N-])C(c2ccc(CC)cc2)=C1CCCC.[CH2-]C.[CH2-]C.[Ni+2]. The van der Waals surface area contributed by atoms with Gasteiger partial charge in [-0.1, -0.05) is 96.9 Å². The van der Waals surface area contributed by atoms with Crippen LogP contribution < -0.4 is 0 Å². The van der Waals surface area contributed by atoms with E-state index in [1.807, 2.05) is 0 Å². The van der Waals surface area contributed by atoms with Crippen LogP contribution in [-0.2, 0) is 29.3 Å². The quantitative estimate of drug-likeness (QED) is 0.0792. The number of allylic oxidation sites excluding steroid dienone is 2. The second-order valence-electron chi connectivity index (χ2n) is 10.4. The van der Waals surface area contributed by atoms with Crippen molar-refractivity contribution in [3.8, 4) is 0 Å². The van der Waals surface area contributed by atoms with Crippen LogP contribution in [0.3, 0.4) is 0 Å². The van der Waals surface area contributed by atoms with Crippen molar-refractivity contribution in [2.45, 2.75) is 131 Å². The largest absolute Gasteiger partial charge is 2.00 e. The smallest absolute Gasteiger partial charge is 0.493 e.